The molecule has 198 valence electrons. The van der Waals surface area contributed by atoms with Crippen LogP contribution in [0.2, 0.25) is 0 Å². The average Bonchev–Trinajstić information content (AvgIpc) is 3.18. The molecular weight excluding hydrogens is 472 g/mol. The topological polar surface area (TPSA) is 105 Å². The molecule has 2 aromatic carbocycles. The highest BCUT2D eigenvalue weighted by Gasteiger charge is 2.31. The van der Waals surface area contributed by atoms with Gasteiger partial charge in [-0.3, -0.25) is 0 Å². The number of fused-ring (bicyclic) bond motifs is 3. The minimum atomic E-state index is -1.08. The van der Waals surface area contributed by atoms with Crippen molar-refractivity contribution in [2.24, 2.45) is 5.92 Å². The fraction of sp³-hybridized carbons (Fsp3) is 0.483. The number of amides is 2. The van der Waals surface area contributed by atoms with E-state index in [2.05, 4.69) is 17.4 Å². The Labute approximate surface area is 217 Å². The molecule has 1 aliphatic carbocycles. The molecule has 4 rings (SSSR count). The molecule has 1 saturated heterocycles. The monoisotopic (exact) mass is 508 g/mol. The van der Waals surface area contributed by atoms with Crippen molar-refractivity contribution in [2.75, 3.05) is 19.7 Å². The van der Waals surface area contributed by atoms with Gasteiger partial charge in [0.05, 0.1) is 0 Å². The Kier molecular flexibility index (Phi) is 8.05. The summed E-state index contributed by atoms with van der Waals surface area (Å²) in [7, 11) is 0. The Balaban J connectivity index is 1.25. The molecular formula is C29H36N2O6. The standard InChI is InChI=1S/C29H36N2O6/c1-29(2,3)37-28(35)31-16-14-19(15-17-31)12-13-25(26(32)33)30-27(34)36-18-24-22-10-6-4-8-20(22)21-9-5-7-11-23(21)24/h4-11,19,24-25H,12-18H2,1-3H3,(H,30,34)(H,32,33). The lowest BCUT2D eigenvalue weighted by molar-refractivity contribution is -0.139. The van der Waals surface area contributed by atoms with Crippen molar-refractivity contribution >= 4 is 18.2 Å². The predicted octanol–water partition coefficient (Wildman–Crippen LogP) is 5.41. The smallest absolute Gasteiger partial charge is 0.410 e. The van der Waals surface area contributed by atoms with E-state index in [1.54, 1.807) is 4.90 Å². The van der Waals surface area contributed by atoms with Gasteiger partial charge in [-0.2, -0.15) is 0 Å². The Hall–Kier alpha value is -3.55. The van der Waals surface area contributed by atoms with Gasteiger partial charge in [0, 0.05) is 19.0 Å². The molecule has 0 aromatic heterocycles. The van der Waals surface area contributed by atoms with Crippen molar-refractivity contribution in [3.05, 3.63) is 59.7 Å². The number of nitrogens with one attached hydrogen (secondary N) is 1. The maximum atomic E-state index is 12.6. The number of carboxylic acid groups (broad SMARTS) is 1. The van der Waals surface area contributed by atoms with Gasteiger partial charge in [-0.25, -0.2) is 14.4 Å². The first kappa shape index (κ1) is 26.5. The molecule has 2 aliphatic rings. The molecule has 2 N–H and O–H groups in total. The fourth-order valence-corrected chi connectivity index (χ4v) is 5.17. The number of nitrogens with zero attached hydrogens (tertiary/aromatic N) is 1. The van der Waals surface area contributed by atoms with Gasteiger partial charge in [0.15, 0.2) is 0 Å². The Morgan fingerprint density at radius 3 is 2.11 bits per heavy atom. The van der Waals surface area contributed by atoms with Crippen LogP contribution < -0.4 is 5.32 Å². The van der Waals surface area contributed by atoms with Crippen LogP contribution in [0.3, 0.4) is 0 Å². The molecule has 37 heavy (non-hydrogen) atoms. The number of hydrogen-bond acceptors (Lipinski definition) is 5. The van der Waals surface area contributed by atoms with Gasteiger partial charge >= 0.3 is 18.2 Å². The minimum Gasteiger partial charge on any atom is -0.480 e. The van der Waals surface area contributed by atoms with Crippen LogP contribution in [-0.2, 0) is 14.3 Å². The summed E-state index contributed by atoms with van der Waals surface area (Å²) in [5.41, 5.74) is 3.93. The lowest BCUT2D eigenvalue weighted by Crippen LogP contribution is -2.43. The third-order valence-corrected chi connectivity index (χ3v) is 7.06. The molecule has 1 unspecified atom stereocenters. The van der Waals surface area contributed by atoms with E-state index in [0.717, 1.165) is 35.1 Å². The number of benzene rings is 2. The third-order valence-electron chi connectivity index (χ3n) is 7.06. The first-order valence-corrected chi connectivity index (χ1v) is 12.9. The average molecular weight is 509 g/mol. The van der Waals surface area contributed by atoms with Gasteiger partial charge in [-0.05, 0) is 74.6 Å². The van der Waals surface area contributed by atoms with Crippen molar-refractivity contribution in [1.29, 1.82) is 0 Å². The molecule has 1 atom stereocenters. The second-order valence-corrected chi connectivity index (χ2v) is 10.8. The third kappa shape index (κ3) is 6.61. The molecule has 0 spiro atoms. The first-order valence-electron chi connectivity index (χ1n) is 12.9. The lowest BCUT2D eigenvalue weighted by Gasteiger charge is -2.33. The highest BCUT2D eigenvalue weighted by atomic mass is 16.6. The summed E-state index contributed by atoms with van der Waals surface area (Å²) in [5, 5.41) is 12.2. The molecule has 8 heteroatoms. The molecule has 8 nitrogen and oxygen atoms in total. The summed E-state index contributed by atoms with van der Waals surface area (Å²) in [6, 6.07) is 15.1. The van der Waals surface area contributed by atoms with Gasteiger partial charge in [0.25, 0.3) is 0 Å². The van der Waals surface area contributed by atoms with E-state index >= 15 is 0 Å². The van der Waals surface area contributed by atoms with E-state index < -0.39 is 23.7 Å². The second-order valence-electron chi connectivity index (χ2n) is 10.8. The number of carboxylic acids is 1. The van der Waals surface area contributed by atoms with Crippen molar-refractivity contribution in [3.8, 4) is 11.1 Å². The number of piperidine rings is 1. The van der Waals surface area contributed by atoms with Gasteiger partial charge < -0.3 is 24.8 Å². The summed E-state index contributed by atoms with van der Waals surface area (Å²) in [6.45, 7) is 6.82. The molecule has 1 heterocycles. The number of carbonyl (C=O) groups excluding carboxylic acids is 2. The quantitative estimate of drug-likeness (QED) is 0.518. The maximum Gasteiger partial charge on any atom is 0.410 e. The number of hydrogen-bond donors (Lipinski definition) is 2. The van der Waals surface area contributed by atoms with E-state index in [4.69, 9.17) is 9.47 Å². The molecule has 0 saturated carbocycles. The summed E-state index contributed by atoms with van der Waals surface area (Å²) < 4.78 is 11.0. The Morgan fingerprint density at radius 2 is 1.57 bits per heavy atom. The van der Waals surface area contributed by atoms with E-state index in [0.29, 0.717) is 25.9 Å². The van der Waals surface area contributed by atoms with Gasteiger partial charge in [0.2, 0.25) is 0 Å². The van der Waals surface area contributed by atoms with Crippen LogP contribution in [0.5, 0.6) is 0 Å². The van der Waals surface area contributed by atoms with Gasteiger partial charge in [-0.15, -0.1) is 0 Å². The first-order chi connectivity index (χ1) is 17.6. The van der Waals surface area contributed by atoms with Crippen molar-refractivity contribution in [2.45, 2.75) is 64.0 Å². The zero-order valence-corrected chi connectivity index (χ0v) is 21.7. The molecule has 2 aromatic rings. The Morgan fingerprint density at radius 1 is 1.00 bits per heavy atom. The molecule has 1 aliphatic heterocycles. The van der Waals surface area contributed by atoms with Crippen molar-refractivity contribution in [1.82, 2.24) is 10.2 Å². The maximum absolute atomic E-state index is 12.6. The van der Waals surface area contributed by atoms with E-state index in [-0.39, 0.29) is 24.5 Å². The second kappa shape index (κ2) is 11.2. The highest BCUT2D eigenvalue weighted by molar-refractivity contribution is 5.81. The number of likely N-dealkylation sites (tertiary alicyclic amines) is 1. The zero-order chi connectivity index (χ0) is 26.6. The summed E-state index contributed by atoms with van der Waals surface area (Å²) in [5.74, 6) is -0.888. The molecule has 1 fully saturated rings. The molecule has 0 radical (unpaired) electrons. The van der Waals surface area contributed by atoms with Crippen LogP contribution in [-0.4, -0.2) is 59.5 Å². The van der Waals surface area contributed by atoms with Crippen LogP contribution in [0.25, 0.3) is 11.1 Å². The van der Waals surface area contributed by atoms with E-state index in [9.17, 15) is 19.5 Å². The minimum absolute atomic E-state index is 0.0865. The summed E-state index contributed by atoms with van der Waals surface area (Å²) in [6.07, 6.45) is 1.45. The molecule has 2 amide bonds. The van der Waals surface area contributed by atoms with E-state index in [1.807, 2.05) is 57.2 Å². The van der Waals surface area contributed by atoms with Crippen LogP contribution in [0.4, 0.5) is 9.59 Å². The predicted molar refractivity (Wildman–Crippen MR) is 139 cm³/mol. The Bertz CT molecular complexity index is 1090. The number of ether oxygens (including phenoxy) is 2. The molecule has 0 bridgehead atoms. The number of rotatable bonds is 7. The van der Waals surface area contributed by atoms with Crippen LogP contribution in [0, 0.1) is 5.92 Å². The lowest BCUT2D eigenvalue weighted by atomic mass is 9.90. The summed E-state index contributed by atoms with van der Waals surface area (Å²) in [4.78, 5) is 38.4. The zero-order valence-electron chi connectivity index (χ0n) is 21.7. The number of alkyl carbamates (subject to hydrolysis) is 1. The summed E-state index contributed by atoms with van der Waals surface area (Å²) >= 11 is 0. The largest absolute Gasteiger partial charge is 0.480 e. The highest BCUT2D eigenvalue weighted by Crippen LogP contribution is 2.44. The number of carbonyl (C=O) groups is 3. The number of aliphatic carboxylic acids is 1. The normalized spacial score (nSPS) is 16.5. The van der Waals surface area contributed by atoms with Crippen LogP contribution in [0.15, 0.2) is 48.5 Å². The van der Waals surface area contributed by atoms with Crippen LogP contribution in [0.1, 0.15) is 63.5 Å². The SMILES string of the molecule is CC(C)(C)OC(=O)N1CCC(CCC(NC(=O)OCC2c3ccccc3-c3ccccc32)C(=O)O)CC1. The van der Waals surface area contributed by atoms with Crippen LogP contribution >= 0.6 is 0 Å². The van der Waals surface area contributed by atoms with Gasteiger partial charge in [-0.1, -0.05) is 48.5 Å². The van der Waals surface area contributed by atoms with Crippen molar-refractivity contribution < 1.29 is 29.0 Å². The van der Waals surface area contributed by atoms with Crippen molar-refractivity contribution in [3.63, 3.8) is 0 Å². The van der Waals surface area contributed by atoms with Gasteiger partial charge in [0.1, 0.15) is 18.2 Å². The fourth-order valence-electron chi connectivity index (χ4n) is 5.17. The van der Waals surface area contributed by atoms with E-state index in [1.165, 1.54) is 0 Å².